The standard InChI is InChI=1S/C16H19N3O3/c1-12(14-6-5-9-22-14)19(15-7-3-4-8-17-15)16(20)18-10-13(11-18)21-2/h3-9,12-13H,10-11H2,1-2H3. The SMILES string of the molecule is COC1CN(C(=O)N(c2ccccn2)C(C)c2ccco2)C1. The first-order valence-electron chi connectivity index (χ1n) is 7.26. The van der Waals surface area contributed by atoms with E-state index in [1.165, 1.54) is 0 Å². The smallest absolute Gasteiger partial charge is 0.326 e. The van der Waals surface area contributed by atoms with Crippen molar-refractivity contribution in [2.45, 2.75) is 19.1 Å². The zero-order valence-electron chi connectivity index (χ0n) is 12.7. The number of hydrogen-bond acceptors (Lipinski definition) is 4. The number of hydrogen-bond donors (Lipinski definition) is 0. The molecule has 2 amide bonds. The van der Waals surface area contributed by atoms with Crippen molar-refractivity contribution < 1.29 is 13.9 Å². The molecule has 6 nitrogen and oxygen atoms in total. The fraction of sp³-hybridized carbons (Fsp3) is 0.375. The predicted molar refractivity (Wildman–Crippen MR) is 81.6 cm³/mol. The molecule has 2 aromatic heterocycles. The lowest BCUT2D eigenvalue weighted by atomic mass is 10.1. The number of pyridine rings is 1. The number of urea groups is 1. The fourth-order valence-corrected chi connectivity index (χ4v) is 2.51. The summed E-state index contributed by atoms with van der Waals surface area (Å²) in [4.78, 5) is 20.6. The number of nitrogens with zero attached hydrogens (tertiary/aromatic N) is 3. The van der Waals surface area contributed by atoms with Crippen LogP contribution in [0.25, 0.3) is 0 Å². The van der Waals surface area contributed by atoms with Crippen LogP contribution in [-0.4, -0.2) is 42.2 Å². The number of amides is 2. The zero-order valence-corrected chi connectivity index (χ0v) is 12.7. The van der Waals surface area contributed by atoms with Gasteiger partial charge < -0.3 is 14.1 Å². The second kappa shape index (κ2) is 6.19. The quantitative estimate of drug-likeness (QED) is 0.871. The Bertz CT molecular complexity index is 609. The Morgan fingerprint density at radius 1 is 1.41 bits per heavy atom. The van der Waals surface area contributed by atoms with E-state index in [0.29, 0.717) is 18.9 Å². The largest absolute Gasteiger partial charge is 0.467 e. The summed E-state index contributed by atoms with van der Waals surface area (Å²) in [6, 6.07) is 8.87. The van der Waals surface area contributed by atoms with Crippen molar-refractivity contribution in [3.63, 3.8) is 0 Å². The molecule has 0 spiro atoms. The van der Waals surface area contributed by atoms with Crippen LogP contribution >= 0.6 is 0 Å². The summed E-state index contributed by atoms with van der Waals surface area (Å²) in [5, 5.41) is 0. The second-order valence-corrected chi connectivity index (χ2v) is 5.29. The van der Waals surface area contributed by atoms with Gasteiger partial charge in [0.15, 0.2) is 0 Å². The third-order valence-electron chi connectivity index (χ3n) is 3.90. The topological polar surface area (TPSA) is 58.8 Å². The van der Waals surface area contributed by atoms with Gasteiger partial charge in [-0.05, 0) is 31.2 Å². The molecule has 0 bridgehead atoms. The molecular weight excluding hydrogens is 282 g/mol. The first-order chi connectivity index (χ1) is 10.7. The Balaban J connectivity index is 1.85. The number of rotatable bonds is 4. The molecule has 1 unspecified atom stereocenters. The number of ether oxygens (including phenoxy) is 1. The van der Waals surface area contributed by atoms with Crippen LogP contribution in [0.5, 0.6) is 0 Å². The van der Waals surface area contributed by atoms with Crippen LogP contribution in [0.1, 0.15) is 18.7 Å². The Labute approximate surface area is 129 Å². The van der Waals surface area contributed by atoms with E-state index < -0.39 is 0 Å². The van der Waals surface area contributed by atoms with Gasteiger partial charge in [-0.2, -0.15) is 0 Å². The summed E-state index contributed by atoms with van der Waals surface area (Å²) in [6.07, 6.45) is 3.41. The summed E-state index contributed by atoms with van der Waals surface area (Å²) >= 11 is 0. The molecule has 1 atom stereocenters. The van der Waals surface area contributed by atoms with Crippen LogP contribution in [0.3, 0.4) is 0 Å². The van der Waals surface area contributed by atoms with Crippen molar-refractivity contribution in [3.8, 4) is 0 Å². The summed E-state index contributed by atoms with van der Waals surface area (Å²) in [5.74, 6) is 1.33. The number of furan rings is 1. The lowest BCUT2D eigenvalue weighted by Crippen LogP contribution is -2.58. The summed E-state index contributed by atoms with van der Waals surface area (Å²) < 4.78 is 10.7. The van der Waals surface area contributed by atoms with E-state index in [4.69, 9.17) is 9.15 Å². The maximum Gasteiger partial charge on any atom is 0.326 e. The number of carbonyl (C=O) groups is 1. The first kappa shape index (κ1) is 14.6. The minimum absolute atomic E-state index is 0.0871. The molecule has 1 saturated heterocycles. The van der Waals surface area contributed by atoms with Crippen LogP contribution in [0.15, 0.2) is 47.2 Å². The van der Waals surface area contributed by atoms with Crippen molar-refractivity contribution in [1.82, 2.24) is 9.88 Å². The number of methoxy groups -OCH3 is 1. The molecule has 0 radical (unpaired) electrons. The van der Waals surface area contributed by atoms with Gasteiger partial charge in [-0.1, -0.05) is 6.07 Å². The Morgan fingerprint density at radius 3 is 2.82 bits per heavy atom. The van der Waals surface area contributed by atoms with Crippen LogP contribution in [0.4, 0.5) is 10.6 Å². The highest BCUT2D eigenvalue weighted by Crippen LogP contribution is 2.28. The van der Waals surface area contributed by atoms with E-state index in [9.17, 15) is 4.79 Å². The molecule has 3 heterocycles. The Morgan fingerprint density at radius 2 is 2.23 bits per heavy atom. The maximum atomic E-state index is 12.8. The van der Waals surface area contributed by atoms with Crippen molar-refractivity contribution in [2.75, 3.05) is 25.1 Å². The van der Waals surface area contributed by atoms with Crippen molar-refractivity contribution >= 4 is 11.8 Å². The van der Waals surface area contributed by atoms with E-state index in [-0.39, 0.29) is 18.2 Å². The molecule has 2 aromatic rings. The Hall–Kier alpha value is -2.34. The third-order valence-corrected chi connectivity index (χ3v) is 3.90. The fourth-order valence-electron chi connectivity index (χ4n) is 2.51. The van der Waals surface area contributed by atoms with Crippen LogP contribution in [0.2, 0.25) is 0 Å². The van der Waals surface area contributed by atoms with Gasteiger partial charge in [0.05, 0.1) is 31.5 Å². The molecule has 0 aliphatic carbocycles. The molecule has 1 aliphatic heterocycles. The molecule has 22 heavy (non-hydrogen) atoms. The van der Waals surface area contributed by atoms with Gasteiger partial charge in [-0.15, -0.1) is 0 Å². The average Bonchev–Trinajstić information content (AvgIpc) is 3.01. The zero-order chi connectivity index (χ0) is 15.5. The molecule has 0 aromatic carbocycles. The summed E-state index contributed by atoms with van der Waals surface area (Å²) in [5.41, 5.74) is 0. The van der Waals surface area contributed by atoms with E-state index in [0.717, 1.165) is 5.76 Å². The third kappa shape index (κ3) is 2.69. The number of likely N-dealkylation sites (tertiary alicyclic amines) is 1. The van der Waals surface area contributed by atoms with Gasteiger partial charge in [-0.25, -0.2) is 9.78 Å². The monoisotopic (exact) mass is 301 g/mol. The number of anilines is 1. The van der Waals surface area contributed by atoms with Gasteiger partial charge in [0.25, 0.3) is 0 Å². The lowest BCUT2D eigenvalue weighted by molar-refractivity contribution is -0.00654. The Kier molecular flexibility index (Phi) is 4.11. The van der Waals surface area contributed by atoms with Gasteiger partial charge >= 0.3 is 6.03 Å². The first-order valence-corrected chi connectivity index (χ1v) is 7.26. The van der Waals surface area contributed by atoms with E-state index in [2.05, 4.69) is 4.98 Å². The van der Waals surface area contributed by atoms with E-state index in [1.54, 1.807) is 29.4 Å². The molecule has 116 valence electrons. The number of carbonyl (C=O) groups excluding carboxylic acids is 1. The average molecular weight is 301 g/mol. The molecule has 1 fully saturated rings. The van der Waals surface area contributed by atoms with Crippen LogP contribution in [0, 0.1) is 0 Å². The lowest BCUT2D eigenvalue weighted by Gasteiger charge is -2.41. The summed E-state index contributed by atoms with van der Waals surface area (Å²) in [7, 11) is 1.66. The maximum absolute atomic E-state index is 12.8. The normalized spacial score (nSPS) is 16.2. The van der Waals surface area contributed by atoms with Crippen molar-refractivity contribution in [2.24, 2.45) is 0 Å². The van der Waals surface area contributed by atoms with Crippen molar-refractivity contribution in [1.29, 1.82) is 0 Å². The number of aromatic nitrogens is 1. The van der Waals surface area contributed by atoms with Crippen LogP contribution in [-0.2, 0) is 4.74 Å². The van der Waals surface area contributed by atoms with Gasteiger partial charge in [-0.3, -0.25) is 4.90 Å². The van der Waals surface area contributed by atoms with Gasteiger partial charge in [0, 0.05) is 13.3 Å². The molecule has 6 heteroatoms. The molecule has 1 aliphatic rings. The molecule has 0 N–H and O–H groups in total. The molecule has 3 rings (SSSR count). The minimum Gasteiger partial charge on any atom is -0.467 e. The molecular formula is C16H19N3O3. The van der Waals surface area contributed by atoms with E-state index in [1.807, 2.05) is 37.3 Å². The minimum atomic E-state index is -0.237. The van der Waals surface area contributed by atoms with Crippen molar-refractivity contribution in [3.05, 3.63) is 48.6 Å². The van der Waals surface area contributed by atoms with Gasteiger partial charge in [0.1, 0.15) is 11.6 Å². The second-order valence-electron chi connectivity index (χ2n) is 5.29. The van der Waals surface area contributed by atoms with E-state index >= 15 is 0 Å². The highest BCUT2D eigenvalue weighted by atomic mass is 16.5. The highest BCUT2D eigenvalue weighted by molar-refractivity contribution is 5.92. The summed E-state index contributed by atoms with van der Waals surface area (Å²) in [6.45, 7) is 3.13. The van der Waals surface area contributed by atoms with Crippen LogP contribution < -0.4 is 4.90 Å². The predicted octanol–water partition coefficient (Wildman–Crippen LogP) is 2.69. The molecule has 0 saturated carbocycles. The van der Waals surface area contributed by atoms with Gasteiger partial charge in [0.2, 0.25) is 0 Å². The highest BCUT2D eigenvalue weighted by Gasteiger charge is 2.36.